The topological polar surface area (TPSA) is 199 Å². The summed E-state index contributed by atoms with van der Waals surface area (Å²) in [4.78, 5) is 35.6. The van der Waals surface area contributed by atoms with Crippen molar-refractivity contribution in [3.05, 3.63) is 76.0 Å². The van der Waals surface area contributed by atoms with Crippen molar-refractivity contribution in [2.75, 3.05) is 37.8 Å². The SMILES string of the molecule is CC(C)(C)c1ncc(-c2ccc(CNCCCN=C(N)N)cc2)c(=O)[nH]1.CSCc1ccc(NC(=O)NC(C)(C)C)c(OCCCN)c1. The molecule has 264 valence electrons. The van der Waals surface area contributed by atoms with Crippen LogP contribution in [0.25, 0.3) is 11.1 Å². The fourth-order valence-corrected chi connectivity index (χ4v) is 4.75. The Morgan fingerprint density at radius 2 is 1.71 bits per heavy atom. The Kier molecular flexibility index (Phi) is 16.4. The van der Waals surface area contributed by atoms with Crippen LogP contribution in [0.5, 0.6) is 5.75 Å². The van der Waals surface area contributed by atoms with Gasteiger partial charge in [0.15, 0.2) is 5.96 Å². The lowest BCUT2D eigenvalue weighted by molar-refractivity contribution is 0.243. The quantitative estimate of drug-likeness (QED) is 0.0717. The van der Waals surface area contributed by atoms with E-state index >= 15 is 0 Å². The average molecular weight is 682 g/mol. The fourth-order valence-electron chi connectivity index (χ4n) is 4.23. The zero-order valence-corrected chi connectivity index (χ0v) is 30.4. The summed E-state index contributed by atoms with van der Waals surface area (Å²) in [5.41, 5.74) is 19.9. The number of hydrogen-bond donors (Lipinski definition) is 7. The van der Waals surface area contributed by atoms with Gasteiger partial charge in [-0.25, -0.2) is 9.78 Å². The number of amides is 2. The van der Waals surface area contributed by atoms with E-state index in [-0.39, 0.29) is 28.5 Å². The van der Waals surface area contributed by atoms with Gasteiger partial charge in [0.05, 0.1) is 17.9 Å². The van der Waals surface area contributed by atoms with Crippen molar-refractivity contribution in [3.63, 3.8) is 0 Å². The van der Waals surface area contributed by atoms with Crippen LogP contribution in [0.4, 0.5) is 10.5 Å². The molecule has 0 unspecified atom stereocenters. The lowest BCUT2D eigenvalue weighted by Gasteiger charge is -2.21. The third kappa shape index (κ3) is 15.2. The molecule has 0 saturated heterocycles. The summed E-state index contributed by atoms with van der Waals surface area (Å²) in [5, 5.41) is 9.06. The zero-order valence-electron chi connectivity index (χ0n) is 29.5. The number of nitrogens with two attached hydrogens (primary N) is 3. The minimum absolute atomic E-state index is 0.115. The Morgan fingerprint density at radius 3 is 2.29 bits per heavy atom. The number of ether oxygens (including phenoxy) is 1. The molecule has 3 rings (SSSR count). The second kappa shape index (κ2) is 19.7. The number of rotatable bonds is 14. The molecule has 2 aromatic carbocycles. The Bertz CT molecular complexity index is 1510. The summed E-state index contributed by atoms with van der Waals surface area (Å²) < 4.78 is 5.76. The summed E-state index contributed by atoms with van der Waals surface area (Å²) in [6.07, 6.45) is 5.35. The second-order valence-electron chi connectivity index (χ2n) is 13.3. The van der Waals surface area contributed by atoms with Crippen LogP contribution in [-0.2, 0) is 17.7 Å². The second-order valence-corrected chi connectivity index (χ2v) is 14.2. The van der Waals surface area contributed by atoms with E-state index in [4.69, 9.17) is 21.9 Å². The third-order valence-electron chi connectivity index (χ3n) is 6.61. The number of nitrogens with one attached hydrogen (secondary N) is 4. The van der Waals surface area contributed by atoms with Crippen LogP contribution in [0.1, 0.15) is 71.3 Å². The number of aromatic nitrogens is 2. The lowest BCUT2D eigenvalue weighted by atomic mass is 9.95. The van der Waals surface area contributed by atoms with Crippen LogP contribution in [0.3, 0.4) is 0 Å². The minimum atomic E-state index is -0.288. The highest BCUT2D eigenvalue weighted by molar-refractivity contribution is 7.97. The van der Waals surface area contributed by atoms with Crippen molar-refractivity contribution in [1.29, 1.82) is 0 Å². The number of carbonyl (C=O) groups excluding carboxylic acids is 1. The zero-order chi connectivity index (χ0) is 35.7. The van der Waals surface area contributed by atoms with Crippen molar-refractivity contribution in [2.24, 2.45) is 22.2 Å². The Balaban J connectivity index is 0.000000339. The average Bonchev–Trinajstić information content (AvgIpc) is 2.99. The number of guanidine groups is 1. The van der Waals surface area contributed by atoms with Crippen LogP contribution in [0.2, 0.25) is 0 Å². The smallest absolute Gasteiger partial charge is 0.319 e. The molecule has 0 saturated carbocycles. The van der Waals surface area contributed by atoms with Gasteiger partial charge < -0.3 is 42.9 Å². The molecule has 13 heteroatoms. The number of nitrogens with zero attached hydrogens (tertiary/aromatic N) is 2. The predicted molar refractivity (Wildman–Crippen MR) is 201 cm³/mol. The molecule has 1 aromatic heterocycles. The van der Waals surface area contributed by atoms with Gasteiger partial charge in [-0.05, 0) is 81.8 Å². The van der Waals surface area contributed by atoms with E-state index in [1.807, 2.05) is 84.0 Å². The summed E-state index contributed by atoms with van der Waals surface area (Å²) in [6, 6.07) is 13.5. The van der Waals surface area contributed by atoms with Crippen LogP contribution in [0.15, 0.2) is 58.4 Å². The van der Waals surface area contributed by atoms with Gasteiger partial charge in [-0.2, -0.15) is 11.8 Å². The number of aliphatic imine (C=N–C) groups is 1. The summed E-state index contributed by atoms with van der Waals surface area (Å²) in [6.45, 7) is 15.2. The predicted octanol–water partition coefficient (Wildman–Crippen LogP) is 4.68. The van der Waals surface area contributed by atoms with Gasteiger partial charge in [-0.3, -0.25) is 9.79 Å². The molecule has 48 heavy (non-hydrogen) atoms. The van der Waals surface area contributed by atoms with E-state index in [1.165, 1.54) is 0 Å². The monoisotopic (exact) mass is 681 g/mol. The number of hydrogen-bond acceptors (Lipinski definition) is 8. The molecular formula is C35H55N9O3S. The van der Waals surface area contributed by atoms with Gasteiger partial charge >= 0.3 is 6.03 Å². The molecule has 0 spiro atoms. The number of aromatic amines is 1. The molecule has 1 heterocycles. The maximum Gasteiger partial charge on any atom is 0.319 e. The largest absolute Gasteiger partial charge is 0.491 e. The number of urea groups is 1. The lowest BCUT2D eigenvalue weighted by Crippen LogP contribution is -2.43. The first kappa shape index (κ1) is 40.1. The molecule has 3 aromatic rings. The van der Waals surface area contributed by atoms with Crippen LogP contribution in [-0.4, -0.2) is 60.0 Å². The highest BCUT2D eigenvalue weighted by Gasteiger charge is 2.18. The van der Waals surface area contributed by atoms with Gasteiger partial charge in [0.1, 0.15) is 11.6 Å². The molecule has 0 atom stereocenters. The summed E-state index contributed by atoms with van der Waals surface area (Å²) >= 11 is 1.74. The molecule has 0 aliphatic rings. The van der Waals surface area contributed by atoms with Crippen molar-refractivity contribution in [1.82, 2.24) is 20.6 Å². The third-order valence-corrected chi connectivity index (χ3v) is 7.23. The molecule has 12 nitrogen and oxygen atoms in total. The highest BCUT2D eigenvalue weighted by atomic mass is 32.2. The Morgan fingerprint density at radius 1 is 1.02 bits per heavy atom. The molecule has 0 fully saturated rings. The Hall–Kier alpha value is -4.07. The number of thioether (sulfide) groups is 1. The van der Waals surface area contributed by atoms with Gasteiger partial charge in [-0.1, -0.05) is 51.1 Å². The van der Waals surface area contributed by atoms with Crippen molar-refractivity contribution in [2.45, 2.75) is 77.6 Å². The van der Waals surface area contributed by atoms with Crippen molar-refractivity contribution in [3.8, 4) is 16.9 Å². The maximum absolute atomic E-state index is 12.4. The number of benzene rings is 2. The molecule has 0 aliphatic heterocycles. The van der Waals surface area contributed by atoms with Crippen molar-refractivity contribution >= 4 is 29.4 Å². The van der Waals surface area contributed by atoms with Crippen molar-refractivity contribution < 1.29 is 9.53 Å². The van der Waals surface area contributed by atoms with Crippen LogP contribution in [0, 0.1) is 0 Å². The number of anilines is 1. The van der Waals surface area contributed by atoms with E-state index in [9.17, 15) is 9.59 Å². The Labute approximate surface area is 289 Å². The standard InChI is InChI=1S/C19H28N6O.C16H27N3O2S/c1-19(2,3)17-24-12-15(16(26)25-17)14-7-5-13(6-8-14)11-22-9-4-10-23-18(20)21;1-16(2,3)19-15(20)18-13-7-6-12(11-22-4)10-14(13)21-9-5-8-17/h5-8,12,22H,4,9-11H2,1-3H3,(H4,20,21,23)(H,24,25,26);6-7,10H,5,8-9,11,17H2,1-4H3,(H2,18,19,20). The van der Waals surface area contributed by atoms with Crippen LogP contribution < -0.4 is 43.4 Å². The first-order valence-electron chi connectivity index (χ1n) is 16.1. The minimum Gasteiger partial charge on any atom is -0.491 e. The molecule has 0 radical (unpaired) electrons. The molecule has 10 N–H and O–H groups in total. The molecular weight excluding hydrogens is 627 g/mol. The van der Waals surface area contributed by atoms with E-state index in [0.717, 1.165) is 48.4 Å². The highest BCUT2D eigenvalue weighted by Crippen LogP contribution is 2.28. The first-order valence-corrected chi connectivity index (χ1v) is 17.5. The van der Waals surface area contributed by atoms with E-state index in [0.29, 0.717) is 42.5 Å². The van der Waals surface area contributed by atoms with E-state index in [2.05, 4.69) is 37.2 Å². The van der Waals surface area contributed by atoms with Gasteiger partial charge in [0.25, 0.3) is 5.56 Å². The van der Waals surface area contributed by atoms with E-state index in [1.54, 1.807) is 18.0 Å². The van der Waals surface area contributed by atoms with Crippen LogP contribution >= 0.6 is 11.8 Å². The normalized spacial score (nSPS) is 11.2. The fraction of sp³-hybridized carbons (Fsp3) is 0.486. The van der Waals surface area contributed by atoms with Gasteiger partial charge in [0.2, 0.25) is 0 Å². The summed E-state index contributed by atoms with van der Waals surface area (Å²) in [5.74, 6) is 2.40. The number of carbonyl (C=O) groups is 1. The van der Waals surface area contributed by atoms with Gasteiger partial charge in [0, 0.05) is 36.0 Å². The van der Waals surface area contributed by atoms with E-state index < -0.39 is 0 Å². The summed E-state index contributed by atoms with van der Waals surface area (Å²) in [7, 11) is 0. The molecule has 0 bridgehead atoms. The molecule has 0 aliphatic carbocycles. The number of H-pyrrole nitrogens is 1. The molecule has 2 amide bonds. The maximum atomic E-state index is 12.4. The first-order chi connectivity index (χ1) is 22.6. The van der Waals surface area contributed by atoms with Gasteiger partial charge in [-0.15, -0.1) is 0 Å².